The minimum atomic E-state index is -0.229. The number of ether oxygens (including phenoxy) is 1. The molecule has 1 aliphatic carbocycles. The first kappa shape index (κ1) is 22.8. The molecule has 36 heavy (non-hydrogen) atoms. The number of fused-ring (bicyclic) bond motifs is 1. The predicted octanol–water partition coefficient (Wildman–Crippen LogP) is 5.74. The summed E-state index contributed by atoms with van der Waals surface area (Å²) in [5.74, 6) is 2.74. The quantitative estimate of drug-likeness (QED) is 0.361. The van der Waals surface area contributed by atoms with Gasteiger partial charge in [0.2, 0.25) is 5.95 Å². The van der Waals surface area contributed by atoms with Crippen LogP contribution in [-0.4, -0.2) is 39.7 Å². The largest absolute Gasteiger partial charge is 0.494 e. The molecule has 6 rings (SSSR count). The standard InChI is InChI=1S/C27H26ClFN6O/c1-16-12-34(13-16)26-21-9-8-20(17-3-5-18(29)6-4-17)25(21)32-27(33-26)31-19-7-10-22(23(11-19)36-2)35-14-24(28)30-15-35/h3-7,10-11,14-16,20H,8-9,12-13H2,1-2H3,(H,31,32,33). The molecular weight excluding hydrogens is 479 g/mol. The molecule has 4 aromatic rings. The molecular formula is C27H26ClFN6O. The second-order valence-corrected chi connectivity index (χ2v) is 9.89. The molecule has 1 atom stereocenters. The van der Waals surface area contributed by atoms with Crippen molar-refractivity contribution in [1.82, 2.24) is 19.5 Å². The Kier molecular flexibility index (Phi) is 5.76. The summed E-state index contributed by atoms with van der Waals surface area (Å²) in [6.45, 7) is 4.22. The van der Waals surface area contributed by atoms with E-state index in [1.807, 2.05) is 34.9 Å². The van der Waals surface area contributed by atoms with Gasteiger partial charge in [-0.05, 0) is 48.6 Å². The Morgan fingerprint density at radius 2 is 1.92 bits per heavy atom. The van der Waals surface area contributed by atoms with Crippen LogP contribution in [0.1, 0.15) is 36.1 Å². The molecule has 2 aliphatic rings. The van der Waals surface area contributed by atoms with E-state index in [0.29, 0.717) is 22.8 Å². The van der Waals surface area contributed by atoms with E-state index in [-0.39, 0.29) is 11.7 Å². The number of nitrogens with zero attached hydrogens (tertiary/aromatic N) is 5. The Bertz CT molecular complexity index is 1420. The van der Waals surface area contributed by atoms with Crippen LogP contribution in [-0.2, 0) is 6.42 Å². The van der Waals surface area contributed by atoms with Crippen LogP contribution in [0.3, 0.4) is 0 Å². The van der Waals surface area contributed by atoms with E-state index in [0.717, 1.165) is 54.4 Å². The van der Waals surface area contributed by atoms with Gasteiger partial charge >= 0.3 is 0 Å². The number of hydrogen-bond donors (Lipinski definition) is 1. The number of imidazole rings is 1. The molecule has 184 valence electrons. The van der Waals surface area contributed by atoms with Crippen LogP contribution in [0.5, 0.6) is 5.75 Å². The number of halogens is 2. The third kappa shape index (κ3) is 4.15. The van der Waals surface area contributed by atoms with Crippen molar-refractivity contribution in [2.24, 2.45) is 5.92 Å². The number of aromatic nitrogens is 4. The maximum Gasteiger partial charge on any atom is 0.229 e. The first-order chi connectivity index (χ1) is 17.5. The number of anilines is 3. The van der Waals surface area contributed by atoms with Gasteiger partial charge in [-0.25, -0.2) is 14.4 Å². The van der Waals surface area contributed by atoms with E-state index < -0.39 is 0 Å². The smallest absolute Gasteiger partial charge is 0.229 e. The molecule has 3 heterocycles. The molecule has 7 nitrogen and oxygen atoms in total. The van der Waals surface area contributed by atoms with Crippen LogP contribution < -0.4 is 15.0 Å². The third-order valence-electron chi connectivity index (χ3n) is 6.93. The summed E-state index contributed by atoms with van der Waals surface area (Å²) in [5.41, 5.74) is 4.93. The van der Waals surface area contributed by atoms with Crippen LogP contribution in [0.2, 0.25) is 5.15 Å². The number of nitrogens with one attached hydrogen (secondary N) is 1. The Morgan fingerprint density at radius 1 is 1.11 bits per heavy atom. The molecule has 9 heteroatoms. The molecule has 0 spiro atoms. The summed E-state index contributed by atoms with van der Waals surface area (Å²) < 4.78 is 21.0. The molecule has 0 radical (unpaired) electrons. The molecule has 0 amide bonds. The average Bonchev–Trinajstić information content (AvgIpc) is 3.48. The van der Waals surface area contributed by atoms with Crippen LogP contribution in [0.4, 0.5) is 21.8 Å². The van der Waals surface area contributed by atoms with E-state index in [9.17, 15) is 4.39 Å². The zero-order valence-electron chi connectivity index (χ0n) is 20.1. The lowest BCUT2D eigenvalue weighted by Crippen LogP contribution is -2.46. The molecule has 0 saturated carbocycles. The maximum atomic E-state index is 13.6. The van der Waals surface area contributed by atoms with Gasteiger partial charge < -0.3 is 19.5 Å². The van der Waals surface area contributed by atoms with Crippen LogP contribution in [0, 0.1) is 11.7 Å². The number of rotatable bonds is 6. The van der Waals surface area contributed by atoms with Crippen molar-refractivity contribution in [3.63, 3.8) is 0 Å². The van der Waals surface area contributed by atoms with E-state index in [4.69, 9.17) is 26.3 Å². The molecule has 1 saturated heterocycles. The van der Waals surface area contributed by atoms with Crippen molar-refractivity contribution in [1.29, 1.82) is 0 Å². The second-order valence-electron chi connectivity index (χ2n) is 9.50. The number of benzene rings is 2. The molecule has 1 fully saturated rings. The minimum absolute atomic E-state index is 0.115. The lowest BCUT2D eigenvalue weighted by Gasteiger charge is -2.39. The van der Waals surface area contributed by atoms with Gasteiger partial charge in [0.1, 0.15) is 28.9 Å². The highest BCUT2D eigenvalue weighted by molar-refractivity contribution is 6.29. The van der Waals surface area contributed by atoms with E-state index in [2.05, 4.69) is 22.1 Å². The lowest BCUT2D eigenvalue weighted by molar-refractivity contribution is 0.413. The fourth-order valence-corrected chi connectivity index (χ4v) is 5.33. The minimum Gasteiger partial charge on any atom is -0.494 e. The van der Waals surface area contributed by atoms with Gasteiger partial charge in [-0.15, -0.1) is 0 Å². The van der Waals surface area contributed by atoms with Crippen molar-refractivity contribution in [3.8, 4) is 11.4 Å². The fraction of sp³-hybridized carbons (Fsp3) is 0.296. The summed E-state index contributed by atoms with van der Waals surface area (Å²) >= 11 is 6.00. The van der Waals surface area contributed by atoms with Gasteiger partial charge in [0, 0.05) is 42.5 Å². The van der Waals surface area contributed by atoms with Crippen LogP contribution in [0.25, 0.3) is 5.69 Å². The van der Waals surface area contributed by atoms with Crippen molar-refractivity contribution in [2.75, 3.05) is 30.4 Å². The zero-order chi connectivity index (χ0) is 24.8. The Morgan fingerprint density at radius 3 is 2.61 bits per heavy atom. The highest BCUT2D eigenvalue weighted by atomic mass is 35.5. The lowest BCUT2D eigenvalue weighted by atomic mass is 9.96. The van der Waals surface area contributed by atoms with Crippen molar-refractivity contribution >= 4 is 29.1 Å². The van der Waals surface area contributed by atoms with Gasteiger partial charge in [-0.2, -0.15) is 4.98 Å². The normalized spacial score (nSPS) is 17.1. The van der Waals surface area contributed by atoms with Gasteiger partial charge in [0.15, 0.2) is 0 Å². The fourth-order valence-electron chi connectivity index (χ4n) is 5.18. The number of methoxy groups -OCH3 is 1. The molecule has 1 aliphatic heterocycles. The van der Waals surface area contributed by atoms with Gasteiger partial charge in [-0.1, -0.05) is 30.7 Å². The third-order valence-corrected chi connectivity index (χ3v) is 7.13. The number of hydrogen-bond acceptors (Lipinski definition) is 6. The molecule has 2 aromatic heterocycles. The second kappa shape index (κ2) is 9.09. The summed E-state index contributed by atoms with van der Waals surface area (Å²) in [6.07, 6.45) is 5.22. The topological polar surface area (TPSA) is 68.1 Å². The average molecular weight is 505 g/mol. The summed E-state index contributed by atoms with van der Waals surface area (Å²) in [6, 6.07) is 12.6. The van der Waals surface area contributed by atoms with E-state index in [1.54, 1.807) is 19.6 Å². The van der Waals surface area contributed by atoms with Crippen molar-refractivity contribution < 1.29 is 9.13 Å². The van der Waals surface area contributed by atoms with E-state index in [1.165, 1.54) is 17.7 Å². The molecule has 1 N–H and O–H groups in total. The SMILES string of the molecule is COc1cc(Nc2nc3c(c(N4CC(C)C4)n2)CCC3c2ccc(F)cc2)ccc1-n1cnc(Cl)c1. The Labute approximate surface area is 213 Å². The summed E-state index contributed by atoms with van der Waals surface area (Å²) in [7, 11) is 1.63. The zero-order valence-corrected chi connectivity index (χ0v) is 20.8. The Balaban J connectivity index is 1.36. The molecule has 2 aromatic carbocycles. The maximum absolute atomic E-state index is 13.6. The van der Waals surface area contributed by atoms with Gasteiger partial charge in [0.25, 0.3) is 0 Å². The van der Waals surface area contributed by atoms with Gasteiger partial charge in [-0.3, -0.25) is 0 Å². The van der Waals surface area contributed by atoms with E-state index >= 15 is 0 Å². The Hall–Kier alpha value is -3.65. The van der Waals surface area contributed by atoms with Crippen LogP contribution >= 0.6 is 11.6 Å². The monoisotopic (exact) mass is 504 g/mol. The highest BCUT2D eigenvalue weighted by Gasteiger charge is 2.34. The van der Waals surface area contributed by atoms with Crippen molar-refractivity contribution in [2.45, 2.75) is 25.7 Å². The molecule has 0 bridgehead atoms. The highest BCUT2D eigenvalue weighted by Crippen LogP contribution is 2.42. The molecule has 1 unspecified atom stereocenters. The first-order valence-corrected chi connectivity index (χ1v) is 12.4. The summed E-state index contributed by atoms with van der Waals surface area (Å²) in [4.78, 5) is 16.3. The van der Waals surface area contributed by atoms with Crippen LogP contribution in [0.15, 0.2) is 55.0 Å². The van der Waals surface area contributed by atoms with Gasteiger partial charge in [0.05, 0.1) is 18.5 Å². The predicted molar refractivity (Wildman–Crippen MR) is 138 cm³/mol. The first-order valence-electron chi connectivity index (χ1n) is 12.0. The van der Waals surface area contributed by atoms with Crippen molar-refractivity contribution in [3.05, 3.63) is 82.8 Å². The summed E-state index contributed by atoms with van der Waals surface area (Å²) in [5, 5.41) is 3.80.